The lowest BCUT2D eigenvalue weighted by atomic mass is 9.74. The molecule has 1 atom stereocenters. The summed E-state index contributed by atoms with van der Waals surface area (Å²) < 4.78 is 5.59. The second-order valence-corrected chi connectivity index (χ2v) is 8.63. The predicted molar refractivity (Wildman–Crippen MR) is 111 cm³/mol. The van der Waals surface area contributed by atoms with E-state index in [0.717, 1.165) is 50.8 Å². The minimum atomic E-state index is -0.195. The van der Waals surface area contributed by atoms with Crippen LogP contribution in [-0.4, -0.2) is 49.7 Å². The minimum Gasteiger partial charge on any atom is -0.381 e. The van der Waals surface area contributed by atoms with Gasteiger partial charge >= 0.3 is 0 Å². The van der Waals surface area contributed by atoms with Crippen molar-refractivity contribution in [3.63, 3.8) is 0 Å². The van der Waals surface area contributed by atoms with E-state index in [2.05, 4.69) is 17.1 Å². The maximum atomic E-state index is 13.0. The highest BCUT2D eigenvalue weighted by Gasteiger charge is 2.37. The first-order valence-corrected chi connectivity index (χ1v) is 10.9. The topological polar surface area (TPSA) is 41.6 Å². The third-order valence-corrected chi connectivity index (χ3v) is 6.53. The monoisotopic (exact) mass is 412 g/mol. The molecule has 0 saturated carbocycles. The third-order valence-electron chi connectivity index (χ3n) is 5.98. The molecule has 2 saturated heterocycles. The zero-order valence-corrected chi connectivity index (χ0v) is 17.6. The Labute approximate surface area is 172 Å². The fourth-order valence-corrected chi connectivity index (χ4v) is 5.05. The number of likely N-dealkylation sites (tertiary alicyclic amines) is 1. The van der Waals surface area contributed by atoms with E-state index in [0.29, 0.717) is 29.8 Å². The highest BCUT2D eigenvalue weighted by Crippen LogP contribution is 2.39. The molecule has 2 fully saturated rings. The lowest BCUT2D eigenvalue weighted by Crippen LogP contribution is -2.53. The molecule has 1 aromatic carbocycles. The Kier molecular flexibility index (Phi) is 7.43. The molecule has 0 aromatic heterocycles. The summed E-state index contributed by atoms with van der Waals surface area (Å²) >= 11 is 12.6. The van der Waals surface area contributed by atoms with Crippen LogP contribution in [0.2, 0.25) is 10.0 Å². The van der Waals surface area contributed by atoms with Crippen LogP contribution >= 0.6 is 23.2 Å². The molecule has 0 aliphatic carbocycles. The summed E-state index contributed by atoms with van der Waals surface area (Å²) in [5, 5.41) is 4.57. The number of amides is 1. The van der Waals surface area contributed by atoms with Gasteiger partial charge in [-0.15, -0.1) is 0 Å². The number of carbonyl (C=O) groups is 1. The molecule has 2 aliphatic heterocycles. The predicted octanol–water partition coefficient (Wildman–Crippen LogP) is 4.42. The second kappa shape index (κ2) is 9.60. The summed E-state index contributed by atoms with van der Waals surface area (Å²) in [4.78, 5) is 15.3. The van der Waals surface area contributed by atoms with Gasteiger partial charge in [-0.1, -0.05) is 42.6 Å². The van der Waals surface area contributed by atoms with Gasteiger partial charge in [0.15, 0.2) is 0 Å². The van der Waals surface area contributed by atoms with Crippen molar-refractivity contribution in [3.05, 3.63) is 33.8 Å². The Morgan fingerprint density at radius 3 is 2.78 bits per heavy atom. The molecule has 2 heterocycles. The minimum absolute atomic E-state index is 0.00344. The summed E-state index contributed by atoms with van der Waals surface area (Å²) in [7, 11) is 0. The number of nitrogens with one attached hydrogen (secondary N) is 1. The molecule has 4 nitrogen and oxygen atoms in total. The van der Waals surface area contributed by atoms with Crippen molar-refractivity contribution in [1.82, 2.24) is 10.2 Å². The van der Waals surface area contributed by atoms with Crippen molar-refractivity contribution < 1.29 is 9.53 Å². The van der Waals surface area contributed by atoms with Crippen molar-refractivity contribution >= 4 is 29.1 Å². The molecule has 1 aromatic rings. The first-order chi connectivity index (χ1) is 13.1. The largest absolute Gasteiger partial charge is 0.381 e. The highest BCUT2D eigenvalue weighted by atomic mass is 35.5. The smallest absolute Gasteiger partial charge is 0.237 e. The Bertz CT molecular complexity index is 645. The maximum Gasteiger partial charge on any atom is 0.237 e. The van der Waals surface area contributed by atoms with Crippen LogP contribution in [0.25, 0.3) is 0 Å². The van der Waals surface area contributed by atoms with Crippen LogP contribution in [0.3, 0.4) is 0 Å². The number of halogens is 2. The molecule has 0 bridgehead atoms. The van der Waals surface area contributed by atoms with Gasteiger partial charge < -0.3 is 10.1 Å². The van der Waals surface area contributed by atoms with Gasteiger partial charge in [-0.3, -0.25) is 9.69 Å². The van der Waals surface area contributed by atoms with Crippen LogP contribution in [0.15, 0.2) is 18.2 Å². The van der Waals surface area contributed by atoms with Gasteiger partial charge in [0, 0.05) is 35.2 Å². The Morgan fingerprint density at radius 1 is 1.30 bits per heavy atom. The van der Waals surface area contributed by atoms with E-state index in [-0.39, 0.29) is 17.4 Å². The molecule has 2 aliphatic rings. The number of rotatable bonds is 6. The molecule has 27 heavy (non-hydrogen) atoms. The van der Waals surface area contributed by atoms with E-state index in [1.165, 1.54) is 6.42 Å². The number of carbonyl (C=O) groups excluding carboxylic acids is 1. The van der Waals surface area contributed by atoms with E-state index in [4.69, 9.17) is 27.9 Å². The van der Waals surface area contributed by atoms with Crippen molar-refractivity contribution in [2.45, 2.75) is 56.9 Å². The van der Waals surface area contributed by atoms with Crippen molar-refractivity contribution in [2.24, 2.45) is 0 Å². The van der Waals surface area contributed by atoms with Crippen LogP contribution < -0.4 is 5.32 Å². The van der Waals surface area contributed by atoms with Crippen LogP contribution in [-0.2, 0) is 14.9 Å². The van der Waals surface area contributed by atoms with Crippen molar-refractivity contribution in [3.8, 4) is 0 Å². The molecule has 6 heteroatoms. The van der Waals surface area contributed by atoms with E-state index in [1.54, 1.807) is 6.07 Å². The molecular weight excluding hydrogens is 383 g/mol. The van der Waals surface area contributed by atoms with E-state index >= 15 is 0 Å². The van der Waals surface area contributed by atoms with E-state index < -0.39 is 0 Å². The van der Waals surface area contributed by atoms with Crippen LogP contribution in [0, 0.1) is 0 Å². The number of piperidine rings is 1. The Hall–Kier alpha value is -0.810. The molecule has 150 valence electrons. The fraction of sp³-hybridized carbons (Fsp3) is 0.667. The summed E-state index contributed by atoms with van der Waals surface area (Å²) in [6.07, 6.45) is 6.02. The molecule has 1 unspecified atom stereocenters. The fourth-order valence-electron chi connectivity index (χ4n) is 4.44. The standard InChI is InChI=1S/C21H30Cl2N2O2/c1-2-10-25-11-4-3-5-19(25)20(26)24-15-21(8-12-27-13-9-21)17-7-6-16(22)14-18(17)23/h6-7,14,19H,2-5,8-13,15H2,1H3,(H,24,26). The molecule has 3 rings (SSSR count). The van der Waals surface area contributed by atoms with Gasteiger partial charge in [0.2, 0.25) is 5.91 Å². The number of benzene rings is 1. The molecule has 0 spiro atoms. The number of hydrogen-bond acceptors (Lipinski definition) is 3. The summed E-state index contributed by atoms with van der Waals surface area (Å²) in [6, 6.07) is 5.68. The lowest BCUT2D eigenvalue weighted by Gasteiger charge is -2.40. The van der Waals surface area contributed by atoms with Gasteiger partial charge in [-0.05, 0) is 62.9 Å². The maximum absolute atomic E-state index is 13.0. The zero-order chi connectivity index (χ0) is 19.3. The van der Waals surface area contributed by atoms with Gasteiger partial charge in [0.1, 0.15) is 0 Å². The molecule has 0 radical (unpaired) electrons. The van der Waals surface area contributed by atoms with Gasteiger partial charge in [0.05, 0.1) is 6.04 Å². The van der Waals surface area contributed by atoms with Gasteiger partial charge in [-0.25, -0.2) is 0 Å². The highest BCUT2D eigenvalue weighted by molar-refractivity contribution is 6.35. The first-order valence-electron chi connectivity index (χ1n) is 10.1. The van der Waals surface area contributed by atoms with Gasteiger partial charge in [-0.2, -0.15) is 0 Å². The number of nitrogens with zero attached hydrogens (tertiary/aromatic N) is 1. The molecular formula is C21H30Cl2N2O2. The Morgan fingerprint density at radius 2 is 2.07 bits per heavy atom. The van der Waals surface area contributed by atoms with Crippen LogP contribution in [0.5, 0.6) is 0 Å². The normalized spacial score (nSPS) is 23.1. The third kappa shape index (κ3) is 4.97. The summed E-state index contributed by atoms with van der Waals surface area (Å²) in [6.45, 7) is 6.13. The molecule has 1 amide bonds. The van der Waals surface area contributed by atoms with Crippen LogP contribution in [0.1, 0.15) is 51.0 Å². The Balaban J connectivity index is 1.74. The van der Waals surface area contributed by atoms with Crippen molar-refractivity contribution in [1.29, 1.82) is 0 Å². The second-order valence-electron chi connectivity index (χ2n) is 7.78. The molecule has 1 N–H and O–H groups in total. The summed E-state index contributed by atoms with van der Waals surface area (Å²) in [5.74, 6) is 0.152. The number of hydrogen-bond donors (Lipinski definition) is 1. The first kappa shape index (κ1) is 20.9. The quantitative estimate of drug-likeness (QED) is 0.751. The SMILES string of the molecule is CCCN1CCCCC1C(=O)NCC1(c2ccc(Cl)cc2Cl)CCOCC1. The van der Waals surface area contributed by atoms with Gasteiger partial charge in [0.25, 0.3) is 0 Å². The van der Waals surface area contributed by atoms with E-state index in [1.807, 2.05) is 12.1 Å². The number of ether oxygens (including phenoxy) is 1. The van der Waals surface area contributed by atoms with Crippen LogP contribution in [0.4, 0.5) is 0 Å². The van der Waals surface area contributed by atoms with E-state index in [9.17, 15) is 4.79 Å². The van der Waals surface area contributed by atoms with Crippen molar-refractivity contribution in [2.75, 3.05) is 32.8 Å². The average Bonchev–Trinajstić information content (AvgIpc) is 2.67. The summed E-state index contributed by atoms with van der Waals surface area (Å²) in [5.41, 5.74) is 0.867. The lowest BCUT2D eigenvalue weighted by molar-refractivity contribution is -0.128. The zero-order valence-electron chi connectivity index (χ0n) is 16.1. The average molecular weight is 413 g/mol.